The van der Waals surface area contributed by atoms with Gasteiger partial charge >= 0.3 is 0 Å². The number of imidazole rings is 1. The van der Waals surface area contributed by atoms with Gasteiger partial charge in [0.1, 0.15) is 0 Å². The molecule has 1 aliphatic rings. The number of H-pyrrole nitrogens is 1. The van der Waals surface area contributed by atoms with Gasteiger partial charge < -0.3 is 10.3 Å². The number of nitrogens with one attached hydrogen (secondary N) is 2. The van der Waals surface area contributed by atoms with Gasteiger partial charge in [0, 0.05) is 0 Å². The Balaban J connectivity index is 2.49. The lowest BCUT2D eigenvalue weighted by molar-refractivity contribution is 0.0905. The SMILES string of the molecule is NC1NC(=O)c2[nH]cnc2N1F. The van der Waals surface area contributed by atoms with Crippen molar-refractivity contribution in [2.24, 2.45) is 5.73 Å². The Morgan fingerprint density at radius 2 is 2.50 bits per heavy atom. The van der Waals surface area contributed by atoms with E-state index >= 15 is 0 Å². The summed E-state index contributed by atoms with van der Waals surface area (Å²) in [7, 11) is 0. The van der Waals surface area contributed by atoms with Crippen molar-refractivity contribution in [3.63, 3.8) is 0 Å². The minimum absolute atomic E-state index is 0.0775. The van der Waals surface area contributed by atoms with E-state index in [4.69, 9.17) is 5.73 Å². The van der Waals surface area contributed by atoms with Crippen molar-refractivity contribution in [1.82, 2.24) is 15.3 Å². The molecule has 1 amide bonds. The molecular formula is C5H6FN5O. The summed E-state index contributed by atoms with van der Waals surface area (Å²) in [6, 6.07) is 0. The van der Waals surface area contributed by atoms with Crippen LogP contribution in [0.4, 0.5) is 10.3 Å². The molecule has 1 aromatic rings. The minimum atomic E-state index is -1.16. The van der Waals surface area contributed by atoms with Crippen molar-refractivity contribution in [2.45, 2.75) is 6.29 Å². The molecule has 64 valence electrons. The highest BCUT2D eigenvalue weighted by atomic mass is 19.2. The molecule has 0 aromatic carbocycles. The molecule has 0 fully saturated rings. The van der Waals surface area contributed by atoms with Gasteiger partial charge in [-0.05, 0) is 0 Å². The first-order valence-electron chi connectivity index (χ1n) is 3.25. The molecule has 1 aromatic heterocycles. The van der Waals surface area contributed by atoms with E-state index in [-0.39, 0.29) is 16.6 Å². The first-order valence-corrected chi connectivity index (χ1v) is 3.25. The zero-order chi connectivity index (χ0) is 8.72. The van der Waals surface area contributed by atoms with Crippen LogP contribution in [0.2, 0.25) is 0 Å². The number of anilines is 1. The van der Waals surface area contributed by atoms with E-state index in [2.05, 4.69) is 15.3 Å². The van der Waals surface area contributed by atoms with Crippen LogP contribution in [0.5, 0.6) is 0 Å². The Morgan fingerprint density at radius 3 is 3.25 bits per heavy atom. The molecule has 1 aliphatic heterocycles. The first kappa shape index (κ1) is 7.04. The molecular weight excluding hydrogens is 165 g/mol. The molecule has 0 saturated carbocycles. The topological polar surface area (TPSA) is 87.0 Å². The lowest BCUT2D eigenvalue weighted by Crippen LogP contribution is -2.54. The van der Waals surface area contributed by atoms with E-state index in [0.29, 0.717) is 0 Å². The molecule has 1 atom stereocenters. The van der Waals surface area contributed by atoms with E-state index in [1.54, 1.807) is 0 Å². The second-order valence-corrected chi connectivity index (χ2v) is 2.33. The number of aromatic amines is 1. The molecule has 7 heteroatoms. The van der Waals surface area contributed by atoms with Crippen LogP contribution >= 0.6 is 0 Å². The number of amides is 1. The molecule has 12 heavy (non-hydrogen) atoms. The second-order valence-electron chi connectivity index (χ2n) is 2.33. The molecule has 0 saturated heterocycles. The maximum absolute atomic E-state index is 13.0. The molecule has 2 rings (SSSR count). The van der Waals surface area contributed by atoms with Crippen LogP contribution in [-0.4, -0.2) is 22.2 Å². The number of nitrogens with two attached hydrogens (primary N) is 1. The zero-order valence-electron chi connectivity index (χ0n) is 5.91. The predicted octanol–water partition coefficient (Wildman–Crippen LogP) is -0.914. The number of rotatable bonds is 0. The van der Waals surface area contributed by atoms with Gasteiger partial charge in [0.2, 0.25) is 0 Å². The lowest BCUT2D eigenvalue weighted by atomic mass is 10.3. The predicted molar refractivity (Wildman–Crippen MR) is 37.6 cm³/mol. The summed E-state index contributed by atoms with van der Waals surface area (Å²) >= 11 is 0. The van der Waals surface area contributed by atoms with Crippen molar-refractivity contribution >= 4 is 11.7 Å². The Morgan fingerprint density at radius 1 is 1.75 bits per heavy atom. The largest absolute Gasteiger partial charge is 0.339 e. The summed E-state index contributed by atoms with van der Waals surface area (Å²) in [4.78, 5) is 17.1. The number of aromatic nitrogens is 2. The second kappa shape index (κ2) is 2.18. The standard InChI is InChI=1S/C5H6FN5O/c6-11-3-2(8-1-9-3)4(12)10-5(11)7/h1,5H,7H2,(H,8,9)(H,10,12). The Kier molecular flexibility index (Phi) is 1.28. The van der Waals surface area contributed by atoms with Crippen molar-refractivity contribution < 1.29 is 9.28 Å². The molecule has 1 unspecified atom stereocenters. The third-order valence-electron chi connectivity index (χ3n) is 1.57. The van der Waals surface area contributed by atoms with E-state index in [1.807, 2.05) is 0 Å². The molecule has 2 heterocycles. The summed E-state index contributed by atoms with van der Waals surface area (Å²) in [5.41, 5.74) is 5.29. The van der Waals surface area contributed by atoms with Gasteiger partial charge in [-0.25, -0.2) is 4.98 Å². The number of hydrogen-bond acceptors (Lipinski definition) is 4. The highest BCUT2D eigenvalue weighted by Crippen LogP contribution is 2.20. The maximum atomic E-state index is 13.0. The van der Waals surface area contributed by atoms with Gasteiger partial charge in [-0.1, -0.05) is 4.48 Å². The quantitative estimate of drug-likeness (QED) is 0.441. The van der Waals surface area contributed by atoms with E-state index in [1.165, 1.54) is 6.33 Å². The van der Waals surface area contributed by atoms with Crippen molar-refractivity contribution in [2.75, 3.05) is 5.12 Å². The number of nitrogens with zero attached hydrogens (tertiary/aromatic N) is 2. The molecule has 0 bridgehead atoms. The average molecular weight is 171 g/mol. The summed E-state index contributed by atoms with van der Waals surface area (Å²) in [6.07, 6.45) is 0.0720. The normalized spacial score (nSPS) is 22.0. The van der Waals surface area contributed by atoms with E-state index in [9.17, 15) is 9.28 Å². The maximum Gasteiger partial charge on any atom is 0.274 e. The van der Waals surface area contributed by atoms with E-state index in [0.717, 1.165) is 0 Å². The molecule has 0 spiro atoms. The number of carbonyl (C=O) groups is 1. The number of hydrogen-bond donors (Lipinski definition) is 3. The van der Waals surface area contributed by atoms with Crippen LogP contribution in [0.1, 0.15) is 10.5 Å². The minimum Gasteiger partial charge on any atom is -0.339 e. The number of fused-ring (bicyclic) bond motifs is 1. The fourth-order valence-electron chi connectivity index (χ4n) is 1.01. The average Bonchev–Trinajstić information content (AvgIpc) is 2.48. The van der Waals surface area contributed by atoms with Gasteiger partial charge in [-0.15, -0.1) is 0 Å². The van der Waals surface area contributed by atoms with Gasteiger partial charge in [0.15, 0.2) is 17.8 Å². The van der Waals surface area contributed by atoms with Crippen LogP contribution in [0.3, 0.4) is 0 Å². The molecule has 4 N–H and O–H groups in total. The third kappa shape index (κ3) is 0.766. The summed E-state index contributed by atoms with van der Waals surface area (Å²) in [5, 5.41) is 2.38. The Bertz CT molecular complexity index is 323. The van der Waals surface area contributed by atoms with Gasteiger partial charge in [0.25, 0.3) is 5.91 Å². The monoisotopic (exact) mass is 171 g/mol. The first-order chi connectivity index (χ1) is 5.70. The molecule has 0 radical (unpaired) electrons. The smallest absolute Gasteiger partial charge is 0.274 e. The molecule has 6 nitrogen and oxygen atoms in total. The van der Waals surface area contributed by atoms with Crippen LogP contribution in [-0.2, 0) is 0 Å². The molecule has 0 aliphatic carbocycles. The fraction of sp³-hybridized carbons (Fsp3) is 0.200. The van der Waals surface area contributed by atoms with Crippen LogP contribution < -0.4 is 16.2 Å². The van der Waals surface area contributed by atoms with Gasteiger partial charge in [-0.2, -0.15) is 5.12 Å². The fourth-order valence-corrected chi connectivity index (χ4v) is 1.01. The number of carbonyl (C=O) groups excluding carboxylic acids is 1. The number of halogens is 1. The lowest BCUT2D eigenvalue weighted by Gasteiger charge is -2.25. The summed E-state index contributed by atoms with van der Waals surface area (Å²) in [5.74, 6) is -0.532. The zero-order valence-corrected chi connectivity index (χ0v) is 5.91. The van der Waals surface area contributed by atoms with Crippen molar-refractivity contribution in [1.29, 1.82) is 0 Å². The van der Waals surface area contributed by atoms with Gasteiger partial charge in [0.05, 0.1) is 6.33 Å². The van der Waals surface area contributed by atoms with Crippen molar-refractivity contribution in [3.8, 4) is 0 Å². The Hall–Kier alpha value is -1.63. The summed E-state index contributed by atoms with van der Waals surface area (Å²) < 4.78 is 13.0. The highest BCUT2D eigenvalue weighted by molar-refractivity contribution is 5.98. The van der Waals surface area contributed by atoms with E-state index < -0.39 is 12.2 Å². The highest BCUT2D eigenvalue weighted by Gasteiger charge is 2.31. The summed E-state index contributed by atoms with van der Waals surface area (Å²) in [6.45, 7) is 0. The van der Waals surface area contributed by atoms with Crippen molar-refractivity contribution in [3.05, 3.63) is 12.0 Å². The third-order valence-corrected chi connectivity index (χ3v) is 1.57. The van der Waals surface area contributed by atoms with Crippen LogP contribution in [0.15, 0.2) is 6.33 Å². The van der Waals surface area contributed by atoms with Gasteiger partial charge in [-0.3, -0.25) is 10.5 Å². The van der Waals surface area contributed by atoms with Crippen LogP contribution in [0, 0.1) is 0 Å². The Labute approximate surface area is 66.5 Å². The van der Waals surface area contributed by atoms with Crippen LogP contribution in [0.25, 0.3) is 0 Å².